The molecule has 0 bridgehead atoms. The minimum Gasteiger partial charge on any atom is -0.366 e. The SMILES string of the molecule is O=c1cc[nH]cc1S(=O)(=O)NCCC(F)(F)F. The van der Waals surface area contributed by atoms with E-state index in [1.54, 1.807) is 4.72 Å². The van der Waals surface area contributed by atoms with Gasteiger partial charge in [0.05, 0.1) is 6.42 Å². The fourth-order valence-corrected chi connectivity index (χ4v) is 2.10. The lowest BCUT2D eigenvalue weighted by molar-refractivity contribution is -0.132. The molecule has 0 radical (unpaired) electrons. The number of aromatic nitrogens is 1. The van der Waals surface area contributed by atoms with Crippen LogP contribution in [0.4, 0.5) is 13.2 Å². The molecule has 0 saturated carbocycles. The Kier molecular flexibility index (Phi) is 3.94. The van der Waals surface area contributed by atoms with Gasteiger partial charge in [0.1, 0.15) is 4.90 Å². The van der Waals surface area contributed by atoms with E-state index < -0.39 is 39.5 Å². The monoisotopic (exact) mass is 270 g/mol. The molecule has 9 heteroatoms. The molecule has 1 rings (SSSR count). The van der Waals surface area contributed by atoms with Crippen molar-refractivity contribution in [2.45, 2.75) is 17.5 Å². The Balaban J connectivity index is 2.78. The van der Waals surface area contributed by atoms with E-state index in [0.717, 1.165) is 12.3 Å². The van der Waals surface area contributed by atoms with E-state index in [2.05, 4.69) is 4.98 Å². The highest BCUT2D eigenvalue weighted by Crippen LogP contribution is 2.18. The van der Waals surface area contributed by atoms with Crippen LogP contribution in [0.25, 0.3) is 0 Å². The third-order valence-corrected chi connectivity index (χ3v) is 3.26. The predicted octanol–water partition coefficient (Wildman–Crippen LogP) is 0.606. The molecule has 17 heavy (non-hydrogen) atoms. The van der Waals surface area contributed by atoms with E-state index >= 15 is 0 Å². The van der Waals surface area contributed by atoms with Crippen LogP contribution in [0, 0.1) is 0 Å². The number of nitrogens with one attached hydrogen (secondary N) is 2. The van der Waals surface area contributed by atoms with Gasteiger partial charge in [-0.25, -0.2) is 13.1 Å². The van der Waals surface area contributed by atoms with Gasteiger partial charge >= 0.3 is 6.18 Å². The van der Waals surface area contributed by atoms with Crippen molar-refractivity contribution in [3.05, 3.63) is 28.7 Å². The number of H-pyrrole nitrogens is 1. The maximum Gasteiger partial charge on any atom is 0.390 e. The molecule has 0 aliphatic rings. The Bertz CT molecular complexity index is 535. The second-order valence-corrected chi connectivity index (χ2v) is 4.87. The molecule has 5 nitrogen and oxygen atoms in total. The van der Waals surface area contributed by atoms with Gasteiger partial charge in [-0.2, -0.15) is 13.2 Å². The van der Waals surface area contributed by atoms with Crippen molar-refractivity contribution in [1.82, 2.24) is 9.71 Å². The van der Waals surface area contributed by atoms with Gasteiger partial charge in [-0.15, -0.1) is 0 Å². The van der Waals surface area contributed by atoms with E-state index in [9.17, 15) is 26.4 Å². The number of halogens is 3. The zero-order valence-electron chi connectivity index (χ0n) is 8.41. The van der Waals surface area contributed by atoms with Gasteiger partial charge < -0.3 is 4.98 Å². The molecule has 1 heterocycles. The van der Waals surface area contributed by atoms with Crippen LogP contribution in [0.2, 0.25) is 0 Å². The molecule has 0 unspecified atom stereocenters. The molecule has 0 aromatic carbocycles. The summed E-state index contributed by atoms with van der Waals surface area (Å²) in [4.78, 5) is 12.9. The molecule has 1 aromatic heterocycles. The normalized spacial score (nSPS) is 12.6. The summed E-state index contributed by atoms with van der Waals surface area (Å²) in [6.45, 7) is -0.805. The average Bonchev–Trinajstić information content (AvgIpc) is 2.15. The molecule has 0 atom stereocenters. The third-order valence-electron chi connectivity index (χ3n) is 1.78. The molecule has 0 amide bonds. The summed E-state index contributed by atoms with van der Waals surface area (Å²) >= 11 is 0. The summed E-state index contributed by atoms with van der Waals surface area (Å²) in [5, 5.41) is 0. The summed E-state index contributed by atoms with van der Waals surface area (Å²) in [7, 11) is -4.21. The fraction of sp³-hybridized carbons (Fsp3) is 0.375. The zero-order valence-corrected chi connectivity index (χ0v) is 9.23. The van der Waals surface area contributed by atoms with Crippen LogP contribution in [0.3, 0.4) is 0 Å². The summed E-state index contributed by atoms with van der Waals surface area (Å²) in [5.41, 5.74) is -0.789. The van der Waals surface area contributed by atoms with Gasteiger partial charge in [0, 0.05) is 25.0 Å². The minimum absolute atomic E-state index is 0.609. The molecule has 1 aromatic rings. The van der Waals surface area contributed by atoms with Crippen LogP contribution in [-0.2, 0) is 10.0 Å². The van der Waals surface area contributed by atoms with Crippen molar-refractivity contribution in [1.29, 1.82) is 0 Å². The van der Waals surface area contributed by atoms with Gasteiger partial charge in [0.15, 0.2) is 0 Å². The van der Waals surface area contributed by atoms with E-state index in [-0.39, 0.29) is 0 Å². The number of pyridine rings is 1. The van der Waals surface area contributed by atoms with Gasteiger partial charge in [-0.3, -0.25) is 4.79 Å². The predicted molar refractivity (Wildman–Crippen MR) is 52.9 cm³/mol. The molecule has 0 aliphatic carbocycles. The van der Waals surface area contributed by atoms with Gasteiger partial charge in [-0.1, -0.05) is 0 Å². The number of aromatic amines is 1. The lowest BCUT2D eigenvalue weighted by Gasteiger charge is -2.07. The highest BCUT2D eigenvalue weighted by molar-refractivity contribution is 7.89. The fourth-order valence-electron chi connectivity index (χ4n) is 1.02. The smallest absolute Gasteiger partial charge is 0.366 e. The quantitative estimate of drug-likeness (QED) is 0.841. The Morgan fingerprint density at radius 1 is 1.35 bits per heavy atom. The Hall–Kier alpha value is -1.35. The van der Waals surface area contributed by atoms with Gasteiger partial charge in [-0.05, 0) is 0 Å². The molecule has 0 fully saturated rings. The van der Waals surface area contributed by atoms with E-state index in [4.69, 9.17) is 0 Å². The van der Waals surface area contributed by atoms with E-state index in [1.165, 1.54) is 6.20 Å². The molecular formula is C8H9F3N2O3S. The summed E-state index contributed by atoms with van der Waals surface area (Å²) in [5.74, 6) is 0. The summed E-state index contributed by atoms with van der Waals surface area (Å²) in [6, 6.07) is 0.971. The lowest BCUT2D eigenvalue weighted by Crippen LogP contribution is -2.31. The first kappa shape index (κ1) is 13.7. The molecular weight excluding hydrogens is 261 g/mol. The first-order valence-corrected chi connectivity index (χ1v) is 5.94. The topological polar surface area (TPSA) is 79.0 Å². The number of hydrogen-bond donors (Lipinski definition) is 2. The Morgan fingerprint density at radius 3 is 2.53 bits per heavy atom. The maximum absolute atomic E-state index is 11.8. The van der Waals surface area contributed by atoms with Crippen LogP contribution in [-0.4, -0.2) is 26.1 Å². The Labute approximate surface area is 94.7 Å². The average molecular weight is 270 g/mol. The second kappa shape index (κ2) is 4.88. The van der Waals surface area contributed by atoms with Crippen molar-refractivity contribution in [3.8, 4) is 0 Å². The Morgan fingerprint density at radius 2 is 2.00 bits per heavy atom. The van der Waals surface area contributed by atoms with E-state index in [0.29, 0.717) is 0 Å². The highest BCUT2D eigenvalue weighted by Gasteiger charge is 2.28. The van der Waals surface area contributed by atoms with Crippen LogP contribution in [0.5, 0.6) is 0 Å². The van der Waals surface area contributed by atoms with E-state index in [1.807, 2.05) is 0 Å². The number of hydrogen-bond acceptors (Lipinski definition) is 3. The summed E-state index contributed by atoms with van der Waals surface area (Å²) in [6.07, 6.45) is -3.61. The van der Waals surface area contributed by atoms with Crippen LogP contribution in [0.15, 0.2) is 28.2 Å². The summed E-state index contributed by atoms with van der Waals surface area (Å²) < 4.78 is 60.0. The first-order chi connectivity index (χ1) is 7.72. The largest absolute Gasteiger partial charge is 0.390 e. The van der Waals surface area contributed by atoms with Crippen molar-refractivity contribution in [2.75, 3.05) is 6.54 Å². The molecule has 2 N–H and O–H groups in total. The van der Waals surface area contributed by atoms with Gasteiger partial charge in [0.25, 0.3) is 0 Å². The standard InChI is InChI=1S/C8H9F3N2O3S/c9-8(10,11)2-4-13-17(15,16)7-5-12-3-1-6(7)14/h1,3,5,13H,2,4H2,(H,12,14). The molecule has 96 valence electrons. The van der Waals surface area contributed by atoms with Crippen LogP contribution in [0.1, 0.15) is 6.42 Å². The molecule has 0 aliphatic heterocycles. The number of rotatable bonds is 4. The zero-order chi connectivity index (χ0) is 13.1. The van der Waals surface area contributed by atoms with Crippen LogP contribution >= 0.6 is 0 Å². The lowest BCUT2D eigenvalue weighted by atomic mass is 10.4. The van der Waals surface area contributed by atoms with Crippen molar-refractivity contribution in [3.63, 3.8) is 0 Å². The highest BCUT2D eigenvalue weighted by atomic mass is 32.2. The number of alkyl halides is 3. The second-order valence-electron chi connectivity index (χ2n) is 3.14. The van der Waals surface area contributed by atoms with Crippen LogP contribution < -0.4 is 10.2 Å². The van der Waals surface area contributed by atoms with Crippen molar-refractivity contribution in [2.24, 2.45) is 0 Å². The third kappa shape index (κ3) is 4.19. The van der Waals surface area contributed by atoms with Crippen molar-refractivity contribution >= 4 is 10.0 Å². The van der Waals surface area contributed by atoms with Crippen molar-refractivity contribution < 1.29 is 21.6 Å². The molecule has 0 saturated heterocycles. The molecule has 0 spiro atoms. The maximum atomic E-state index is 11.8. The first-order valence-electron chi connectivity index (χ1n) is 4.46. The number of sulfonamides is 1. The van der Waals surface area contributed by atoms with Gasteiger partial charge in [0.2, 0.25) is 15.5 Å². The minimum atomic E-state index is -4.45.